The van der Waals surface area contributed by atoms with Crippen LogP contribution < -0.4 is 9.46 Å². The number of aryl methyl sites for hydroxylation is 4. The summed E-state index contributed by atoms with van der Waals surface area (Å²) in [6, 6.07) is 11.5. The van der Waals surface area contributed by atoms with Gasteiger partial charge in [0, 0.05) is 6.54 Å². The van der Waals surface area contributed by atoms with Gasteiger partial charge in [-0.05, 0) is 68.0 Å². The van der Waals surface area contributed by atoms with Crippen LogP contribution in [0.25, 0.3) is 0 Å². The summed E-state index contributed by atoms with van der Waals surface area (Å²) in [7, 11) is -3.50. The fourth-order valence-corrected chi connectivity index (χ4v) is 4.40. The Bertz CT molecular complexity index is 844. The van der Waals surface area contributed by atoms with E-state index in [2.05, 4.69) is 16.9 Å². The van der Waals surface area contributed by atoms with E-state index in [1.807, 2.05) is 32.0 Å². The molecule has 24 heavy (non-hydrogen) atoms. The molecule has 0 bridgehead atoms. The summed E-state index contributed by atoms with van der Waals surface area (Å²) in [6.07, 6.45) is 3.45. The second-order valence-corrected chi connectivity index (χ2v) is 8.03. The second kappa shape index (κ2) is 6.95. The Morgan fingerprint density at radius 2 is 1.83 bits per heavy atom. The van der Waals surface area contributed by atoms with Crippen LogP contribution in [0.15, 0.2) is 41.3 Å². The van der Waals surface area contributed by atoms with E-state index in [-0.39, 0.29) is 6.54 Å². The van der Waals surface area contributed by atoms with Crippen molar-refractivity contribution in [3.63, 3.8) is 0 Å². The van der Waals surface area contributed by atoms with Crippen molar-refractivity contribution >= 4 is 10.0 Å². The lowest BCUT2D eigenvalue weighted by atomic mass is 10.1. The molecule has 0 saturated carbocycles. The van der Waals surface area contributed by atoms with Crippen LogP contribution in [0.2, 0.25) is 0 Å². The third-order valence-corrected chi connectivity index (χ3v) is 5.97. The van der Waals surface area contributed by atoms with Gasteiger partial charge >= 0.3 is 0 Å². The van der Waals surface area contributed by atoms with E-state index in [0.717, 1.165) is 29.7 Å². The molecule has 1 N–H and O–H groups in total. The number of sulfonamides is 1. The van der Waals surface area contributed by atoms with E-state index in [4.69, 9.17) is 4.74 Å². The first-order valence-corrected chi connectivity index (χ1v) is 9.75. The van der Waals surface area contributed by atoms with Crippen molar-refractivity contribution in [2.24, 2.45) is 0 Å². The summed E-state index contributed by atoms with van der Waals surface area (Å²) >= 11 is 0. The van der Waals surface area contributed by atoms with Crippen LogP contribution in [-0.4, -0.2) is 21.6 Å². The predicted molar refractivity (Wildman–Crippen MR) is 95.1 cm³/mol. The van der Waals surface area contributed by atoms with Crippen LogP contribution in [0.3, 0.4) is 0 Å². The summed E-state index contributed by atoms with van der Waals surface area (Å²) in [5, 5.41) is 0. The molecule has 1 aliphatic rings. The molecule has 0 amide bonds. The first kappa shape index (κ1) is 17.0. The summed E-state index contributed by atoms with van der Waals surface area (Å²) < 4.78 is 33.0. The molecule has 0 heterocycles. The average Bonchev–Trinajstić information content (AvgIpc) is 2.99. The Morgan fingerprint density at radius 1 is 1.04 bits per heavy atom. The van der Waals surface area contributed by atoms with Gasteiger partial charge in [-0.2, -0.15) is 0 Å². The fourth-order valence-electron chi connectivity index (χ4n) is 3.16. The molecule has 128 valence electrons. The van der Waals surface area contributed by atoms with E-state index in [1.54, 1.807) is 6.07 Å². The lowest BCUT2D eigenvalue weighted by molar-refractivity contribution is 0.322. The van der Waals surface area contributed by atoms with E-state index in [9.17, 15) is 8.42 Å². The van der Waals surface area contributed by atoms with Crippen molar-refractivity contribution in [3.8, 4) is 5.75 Å². The highest BCUT2D eigenvalue weighted by Crippen LogP contribution is 2.26. The van der Waals surface area contributed by atoms with Crippen LogP contribution in [0.1, 0.15) is 28.7 Å². The lowest BCUT2D eigenvalue weighted by Gasteiger charge is -2.11. The minimum absolute atomic E-state index is 0.243. The van der Waals surface area contributed by atoms with Crippen molar-refractivity contribution in [3.05, 3.63) is 58.7 Å². The normalized spacial score (nSPS) is 13.8. The number of hydrogen-bond donors (Lipinski definition) is 1. The first-order chi connectivity index (χ1) is 11.5. The number of hydrogen-bond acceptors (Lipinski definition) is 3. The van der Waals surface area contributed by atoms with Crippen molar-refractivity contribution in [2.45, 2.75) is 38.0 Å². The van der Waals surface area contributed by atoms with Crippen LogP contribution in [0.5, 0.6) is 5.75 Å². The molecule has 0 spiro atoms. The lowest BCUT2D eigenvalue weighted by Crippen LogP contribution is -2.28. The molecule has 5 heteroatoms. The number of rotatable bonds is 6. The Hall–Kier alpha value is -1.85. The highest BCUT2D eigenvalue weighted by Gasteiger charge is 2.16. The van der Waals surface area contributed by atoms with Crippen LogP contribution in [0, 0.1) is 13.8 Å². The summed E-state index contributed by atoms with van der Waals surface area (Å²) in [5.41, 5.74) is 4.55. The molecule has 4 nitrogen and oxygen atoms in total. The van der Waals surface area contributed by atoms with E-state index >= 15 is 0 Å². The molecule has 0 fully saturated rings. The van der Waals surface area contributed by atoms with Crippen molar-refractivity contribution in [2.75, 3.05) is 13.2 Å². The van der Waals surface area contributed by atoms with Gasteiger partial charge in [-0.1, -0.05) is 23.8 Å². The Balaban J connectivity index is 1.56. The minimum atomic E-state index is -3.50. The maximum Gasteiger partial charge on any atom is 0.240 e. The molecule has 0 radical (unpaired) electrons. The fraction of sp³-hybridized carbons (Fsp3) is 0.368. The molecule has 0 aliphatic heterocycles. The monoisotopic (exact) mass is 345 g/mol. The summed E-state index contributed by atoms with van der Waals surface area (Å²) in [6.45, 7) is 4.31. The van der Waals surface area contributed by atoms with E-state index in [1.165, 1.54) is 17.5 Å². The van der Waals surface area contributed by atoms with Crippen molar-refractivity contribution < 1.29 is 13.2 Å². The third kappa shape index (κ3) is 3.79. The molecule has 1 aliphatic carbocycles. The van der Waals surface area contributed by atoms with Crippen LogP contribution >= 0.6 is 0 Å². The molecule has 0 saturated heterocycles. The zero-order valence-electron chi connectivity index (χ0n) is 14.1. The average molecular weight is 345 g/mol. The van der Waals surface area contributed by atoms with Gasteiger partial charge in [-0.25, -0.2) is 13.1 Å². The minimum Gasteiger partial charge on any atom is -0.492 e. The Kier molecular flexibility index (Phi) is 4.92. The second-order valence-electron chi connectivity index (χ2n) is 6.30. The predicted octanol–water partition coefficient (Wildman–Crippen LogP) is 3.15. The number of fused-ring (bicyclic) bond motifs is 1. The Labute approximate surface area is 143 Å². The molecular weight excluding hydrogens is 322 g/mol. The molecule has 2 aromatic carbocycles. The van der Waals surface area contributed by atoms with Gasteiger partial charge in [-0.15, -0.1) is 0 Å². The van der Waals surface area contributed by atoms with Gasteiger partial charge < -0.3 is 4.74 Å². The summed E-state index contributed by atoms with van der Waals surface area (Å²) in [5.74, 6) is 0.807. The van der Waals surface area contributed by atoms with Crippen LogP contribution in [-0.2, 0) is 22.9 Å². The van der Waals surface area contributed by atoms with Gasteiger partial charge in [0.1, 0.15) is 12.4 Å². The zero-order chi connectivity index (χ0) is 17.2. The maximum atomic E-state index is 12.4. The molecule has 0 atom stereocenters. The quantitative estimate of drug-likeness (QED) is 0.818. The standard InChI is InChI=1S/C19H23NO3S/c1-14-6-9-19(15(2)12-14)24(21,22)20-10-11-23-18-8-7-16-4-3-5-17(16)13-18/h6-9,12-13,20H,3-5,10-11H2,1-2H3. The van der Waals surface area contributed by atoms with Gasteiger partial charge in [0.2, 0.25) is 10.0 Å². The zero-order valence-corrected chi connectivity index (χ0v) is 14.9. The smallest absolute Gasteiger partial charge is 0.240 e. The van der Waals surface area contributed by atoms with Gasteiger partial charge in [-0.3, -0.25) is 0 Å². The molecule has 0 aromatic heterocycles. The largest absolute Gasteiger partial charge is 0.492 e. The molecule has 0 unspecified atom stereocenters. The van der Waals surface area contributed by atoms with Crippen molar-refractivity contribution in [1.29, 1.82) is 0 Å². The van der Waals surface area contributed by atoms with Gasteiger partial charge in [0.25, 0.3) is 0 Å². The highest BCUT2D eigenvalue weighted by molar-refractivity contribution is 7.89. The number of nitrogens with one attached hydrogen (secondary N) is 1. The van der Waals surface area contributed by atoms with E-state index < -0.39 is 10.0 Å². The van der Waals surface area contributed by atoms with Gasteiger partial charge in [0.05, 0.1) is 4.90 Å². The molecular formula is C19H23NO3S. The van der Waals surface area contributed by atoms with E-state index in [0.29, 0.717) is 11.5 Å². The number of benzene rings is 2. The molecule has 3 rings (SSSR count). The van der Waals surface area contributed by atoms with Crippen molar-refractivity contribution in [1.82, 2.24) is 4.72 Å². The van der Waals surface area contributed by atoms with Gasteiger partial charge in [0.15, 0.2) is 0 Å². The maximum absolute atomic E-state index is 12.4. The summed E-state index contributed by atoms with van der Waals surface area (Å²) in [4.78, 5) is 0.325. The SMILES string of the molecule is Cc1ccc(S(=O)(=O)NCCOc2ccc3c(c2)CCC3)c(C)c1. The number of ether oxygens (including phenoxy) is 1. The topological polar surface area (TPSA) is 55.4 Å². The van der Waals surface area contributed by atoms with Crippen LogP contribution in [0.4, 0.5) is 0 Å². The molecule has 2 aromatic rings. The third-order valence-electron chi connectivity index (χ3n) is 4.35. The Morgan fingerprint density at radius 3 is 2.62 bits per heavy atom. The highest BCUT2D eigenvalue weighted by atomic mass is 32.2. The first-order valence-electron chi connectivity index (χ1n) is 8.27.